The minimum Gasteiger partial charge on any atom is -0.305 e. The molecular formula is C14H18ClNO. The zero-order chi connectivity index (χ0) is 12.3. The Labute approximate surface area is 107 Å². The summed E-state index contributed by atoms with van der Waals surface area (Å²) >= 11 is 5.81. The Hall–Kier alpha value is -0.860. The van der Waals surface area contributed by atoms with Crippen LogP contribution in [0.15, 0.2) is 24.3 Å². The van der Waals surface area contributed by atoms with Crippen molar-refractivity contribution in [1.82, 2.24) is 5.32 Å². The first-order valence-electron chi connectivity index (χ1n) is 6.22. The molecule has 0 spiro atoms. The second-order valence-corrected chi connectivity index (χ2v) is 5.18. The van der Waals surface area contributed by atoms with Gasteiger partial charge >= 0.3 is 0 Å². The third kappa shape index (κ3) is 3.30. The maximum absolute atomic E-state index is 12.1. The lowest BCUT2D eigenvalue weighted by molar-refractivity contribution is 0.0944. The Balaban J connectivity index is 1.96. The highest BCUT2D eigenvalue weighted by Crippen LogP contribution is 2.19. The number of rotatable bonds is 4. The van der Waals surface area contributed by atoms with E-state index in [1.54, 1.807) is 24.3 Å². The molecule has 92 valence electrons. The molecule has 1 saturated carbocycles. The maximum Gasteiger partial charge on any atom is 0.179 e. The van der Waals surface area contributed by atoms with Gasteiger partial charge in [-0.2, -0.15) is 0 Å². The summed E-state index contributed by atoms with van der Waals surface area (Å²) in [5.74, 6) is 0.147. The van der Waals surface area contributed by atoms with E-state index >= 15 is 0 Å². The lowest BCUT2D eigenvalue weighted by Gasteiger charge is -2.18. The molecule has 3 heteroatoms. The van der Waals surface area contributed by atoms with Crippen molar-refractivity contribution in [3.05, 3.63) is 34.9 Å². The van der Waals surface area contributed by atoms with Gasteiger partial charge in [-0.25, -0.2) is 0 Å². The van der Waals surface area contributed by atoms with Crippen molar-refractivity contribution in [1.29, 1.82) is 0 Å². The highest BCUT2D eigenvalue weighted by Gasteiger charge is 2.21. The Morgan fingerprint density at radius 2 is 1.88 bits per heavy atom. The zero-order valence-electron chi connectivity index (χ0n) is 10.1. The molecule has 2 rings (SSSR count). The van der Waals surface area contributed by atoms with Crippen molar-refractivity contribution in [3.63, 3.8) is 0 Å². The molecule has 0 aliphatic heterocycles. The minimum absolute atomic E-state index is 0.112. The van der Waals surface area contributed by atoms with E-state index in [0.29, 0.717) is 11.1 Å². The summed E-state index contributed by atoms with van der Waals surface area (Å²) < 4.78 is 0. The van der Waals surface area contributed by atoms with Crippen molar-refractivity contribution in [2.24, 2.45) is 0 Å². The second-order valence-electron chi connectivity index (χ2n) is 4.74. The molecule has 2 nitrogen and oxygen atoms in total. The van der Waals surface area contributed by atoms with Gasteiger partial charge in [0.2, 0.25) is 0 Å². The van der Waals surface area contributed by atoms with Gasteiger partial charge in [0, 0.05) is 16.6 Å². The smallest absolute Gasteiger partial charge is 0.179 e. The number of carbonyl (C=O) groups is 1. The molecular weight excluding hydrogens is 234 g/mol. The molecule has 1 aromatic carbocycles. The summed E-state index contributed by atoms with van der Waals surface area (Å²) in [4.78, 5) is 12.1. The van der Waals surface area contributed by atoms with E-state index < -0.39 is 0 Å². The third-order valence-electron chi connectivity index (χ3n) is 3.36. The summed E-state index contributed by atoms with van der Waals surface area (Å²) in [6.07, 6.45) is 4.94. The Morgan fingerprint density at radius 1 is 1.29 bits per heavy atom. The highest BCUT2D eigenvalue weighted by atomic mass is 35.5. The molecule has 1 N–H and O–H groups in total. The van der Waals surface area contributed by atoms with Crippen molar-refractivity contribution < 1.29 is 4.79 Å². The Bertz CT molecular complexity index is 382. The zero-order valence-corrected chi connectivity index (χ0v) is 10.8. The molecule has 0 radical (unpaired) electrons. The molecule has 1 atom stereocenters. The minimum atomic E-state index is -0.112. The van der Waals surface area contributed by atoms with E-state index in [1.807, 2.05) is 6.92 Å². The summed E-state index contributed by atoms with van der Waals surface area (Å²) in [7, 11) is 0. The third-order valence-corrected chi connectivity index (χ3v) is 3.61. The lowest BCUT2D eigenvalue weighted by Crippen LogP contribution is -2.40. The molecule has 0 bridgehead atoms. The first kappa shape index (κ1) is 12.6. The maximum atomic E-state index is 12.1. The van der Waals surface area contributed by atoms with Gasteiger partial charge < -0.3 is 5.32 Å². The van der Waals surface area contributed by atoms with E-state index in [2.05, 4.69) is 5.32 Å². The topological polar surface area (TPSA) is 29.1 Å². The van der Waals surface area contributed by atoms with Crippen LogP contribution in [0.2, 0.25) is 5.02 Å². The van der Waals surface area contributed by atoms with Crippen LogP contribution < -0.4 is 5.32 Å². The molecule has 0 amide bonds. The van der Waals surface area contributed by atoms with Crippen LogP contribution in [0.1, 0.15) is 43.0 Å². The predicted molar refractivity (Wildman–Crippen MR) is 70.6 cm³/mol. The van der Waals surface area contributed by atoms with E-state index in [0.717, 1.165) is 5.56 Å². The quantitative estimate of drug-likeness (QED) is 0.831. The van der Waals surface area contributed by atoms with Crippen molar-refractivity contribution in [2.75, 3.05) is 0 Å². The van der Waals surface area contributed by atoms with Gasteiger partial charge in [-0.3, -0.25) is 4.79 Å². The fraction of sp³-hybridized carbons (Fsp3) is 0.500. The molecule has 1 unspecified atom stereocenters. The van der Waals surface area contributed by atoms with Crippen LogP contribution in [0.3, 0.4) is 0 Å². The molecule has 0 saturated heterocycles. The monoisotopic (exact) mass is 251 g/mol. The highest BCUT2D eigenvalue weighted by molar-refractivity contribution is 6.30. The summed E-state index contributed by atoms with van der Waals surface area (Å²) in [6, 6.07) is 7.50. The van der Waals surface area contributed by atoms with E-state index in [-0.39, 0.29) is 11.8 Å². The van der Waals surface area contributed by atoms with Crippen LogP contribution in [-0.4, -0.2) is 17.9 Å². The standard InChI is InChI=1S/C14H18ClNO/c1-10(16-13-4-2-3-5-13)14(17)11-6-8-12(15)9-7-11/h6-10,13,16H,2-5H2,1H3. The van der Waals surface area contributed by atoms with Crippen molar-refractivity contribution in [3.8, 4) is 0 Å². The number of nitrogens with one attached hydrogen (secondary N) is 1. The van der Waals surface area contributed by atoms with Crippen LogP contribution in [-0.2, 0) is 0 Å². The van der Waals surface area contributed by atoms with E-state index in [9.17, 15) is 4.79 Å². The normalized spacial score (nSPS) is 18.2. The van der Waals surface area contributed by atoms with Crippen LogP contribution in [0.5, 0.6) is 0 Å². The SMILES string of the molecule is CC(NC1CCCC1)C(=O)c1ccc(Cl)cc1. The fourth-order valence-electron chi connectivity index (χ4n) is 2.39. The predicted octanol–water partition coefficient (Wildman–Crippen LogP) is 3.44. The summed E-state index contributed by atoms with van der Waals surface area (Å²) in [5.41, 5.74) is 0.729. The average molecular weight is 252 g/mol. The van der Waals surface area contributed by atoms with Crippen molar-refractivity contribution >= 4 is 17.4 Å². The number of carbonyl (C=O) groups excluding carboxylic acids is 1. The van der Waals surface area contributed by atoms with E-state index in [1.165, 1.54) is 25.7 Å². The van der Waals surface area contributed by atoms with Gasteiger partial charge in [0.05, 0.1) is 6.04 Å². The van der Waals surface area contributed by atoms with Gasteiger partial charge in [-0.15, -0.1) is 0 Å². The van der Waals surface area contributed by atoms with Gasteiger partial charge in [0.15, 0.2) is 5.78 Å². The van der Waals surface area contributed by atoms with Crippen molar-refractivity contribution in [2.45, 2.75) is 44.7 Å². The number of Topliss-reactive ketones (excluding diaryl/α,β-unsaturated/α-hetero) is 1. The number of benzene rings is 1. The Kier molecular flexibility index (Phi) is 4.19. The average Bonchev–Trinajstić information content (AvgIpc) is 2.82. The number of ketones is 1. The molecule has 17 heavy (non-hydrogen) atoms. The van der Waals surface area contributed by atoms with Gasteiger partial charge in [0.25, 0.3) is 0 Å². The first-order valence-corrected chi connectivity index (χ1v) is 6.60. The number of hydrogen-bond donors (Lipinski definition) is 1. The molecule has 0 aromatic heterocycles. The lowest BCUT2D eigenvalue weighted by atomic mass is 10.0. The fourth-order valence-corrected chi connectivity index (χ4v) is 2.51. The molecule has 0 heterocycles. The van der Waals surface area contributed by atoms with Crippen LogP contribution in [0, 0.1) is 0 Å². The van der Waals surface area contributed by atoms with Gasteiger partial charge in [0.1, 0.15) is 0 Å². The van der Waals surface area contributed by atoms with Gasteiger partial charge in [-0.05, 0) is 44.0 Å². The van der Waals surface area contributed by atoms with Gasteiger partial charge in [-0.1, -0.05) is 24.4 Å². The van der Waals surface area contributed by atoms with Crippen LogP contribution in [0.4, 0.5) is 0 Å². The Morgan fingerprint density at radius 3 is 2.47 bits per heavy atom. The van der Waals surface area contributed by atoms with E-state index in [4.69, 9.17) is 11.6 Å². The largest absolute Gasteiger partial charge is 0.305 e. The summed E-state index contributed by atoms with van der Waals surface area (Å²) in [6.45, 7) is 1.94. The second kappa shape index (κ2) is 5.65. The van der Waals surface area contributed by atoms with Crippen LogP contribution in [0.25, 0.3) is 0 Å². The number of hydrogen-bond acceptors (Lipinski definition) is 2. The van der Waals surface area contributed by atoms with Crippen LogP contribution >= 0.6 is 11.6 Å². The molecule has 1 aliphatic carbocycles. The molecule has 1 aromatic rings. The first-order chi connectivity index (χ1) is 8.16. The summed E-state index contributed by atoms with van der Waals surface area (Å²) in [5, 5.41) is 4.07. The molecule has 1 aliphatic rings. The molecule has 1 fully saturated rings. The number of halogens is 1.